The largest absolute Gasteiger partial charge is 0.464 e. The van der Waals surface area contributed by atoms with Gasteiger partial charge in [-0.15, -0.1) is 11.3 Å². The summed E-state index contributed by atoms with van der Waals surface area (Å²) in [6.07, 6.45) is 4.15. The van der Waals surface area contributed by atoms with Crippen LogP contribution in [0.1, 0.15) is 83.2 Å². The van der Waals surface area contributed by atoms with Crippen LogP contribution in [0.3, 0.4) is 0 Å². The molecule has 6 bridgehead atoms. The van der Waals surface area contributed by atoms with Crippen molar-refractivity contribution in [3.8, 4) is 22.5 Å². The number of hydrogen-bond donors (Lipinski definition) is 2. The van der Waals surface area contributed by atoms with Crippen molar-refractivity contribution in [3.05, 3.63) is 58.2 Å². The number of carbonyl (C=O) groups is 4. The molecule has 0 unspecified atom stereocenters. The Kier molecular flexibility index (Phi) is 13.7. The molecule has 334 valence electrons. The highest BCUT2D eigenvalue weighted by Crippen LogP contribution is 2.42. The molecule has 15 nitrogen and oxygen atoms in total. The van der Waals surface area contributed by atoms with E-state index in [4.69, 9.17) is 19.4 Å². The SMILES string of the molecule is CCn1c(-c2cccnc2[C@H](C)OC)c2c3cc(ccc31)-c1csc(n1)C[C@H](NC(=O)[C@H](C(C)C)N(C)C(=O)N1CCCN(C)C1)C(=O)N1CCC[C@H](N1)C(=O)OCC(C)(C)C2. The number of benzene rings is 1. The monoisotopic (exact) mass is 869 g/mol. The first kappa shape index (κ1) is 45.1. The van der Waals surface area contributed by atoms with E-state index in [0.29, 0.717) is 50.6 Å². The van der Waals surface area contributed by atoms with Crippen LogP contribution >= 0.6 is 11.3 Å². The molecule has 4 atom stereocenters. The normalized spacial score (nSPS) is 21.1. The van der Waals surface area contributed by atoms with E-state index >= 15 is 0 Å². The molecule has 6 heterocycles. The third-order valence-electron chi connectivity index (χ3n) is 12.4. The summed E-state index contributed by atoms with van der Waals surface area (Å²) >= 11 is 1.43. The summed E-state index contributed by atoms with van der Waals surface area (Å²) in [4.78, 5) is 71.8. The minimum atomic E-state index is -1.04. The lowest BCUT2D eigenvalue weighted by Crippen LogP contribution is -2.62. The average molecular weight is 870 g/mol. The predicted molar refractivity (Wildman–Crippen MR) is 240 cm³/mol. The number of aryl methyl sites for hydroxylation is 1. The van der Waals surface area contributed by atoms with Gasteiger partial charge < -0.3 is 29.2 Å². The molecular formula is C46H63N9O6S. The first-order chi connectivity index (χ1) is 29.6. The number of ether oxygens (including phenoxy) is 2. The highest BCUT2D eigenvalue weighted by Gasteiger charge is 2.39. The van der Waals surface area contributed by atoms with E-state index in [1.165, 1.54) is 21.2 Å². The van der Waals surface area contributed by atoms with Crippen LogP contribution in [0.4, 0.5) is 4.79 Å². The van der Waals surface area contributed by atoms with Gasteiger partial charge in [-0.2, -0.15) is 0 Å². The Morgan fingerprint density at radius 2 is 1.92 bits per heavy atom. The number of carbonyl (C=O) groups excluding carboxylic acids is 4. The molecule has 2 fully saturated rings. The number of cyclic esters (lactones) is 1. The summed E-state index contributed by atoms with van der Waals surface area (Å²) in [7, 11) is 5.31. The Labute approximate surface area is 369 Å². The molecule has 16 heteroatoms. The number of pyridine rings is 1. The second kappa shape index (κ2) is 18.8. The summed E-state index contributed by atoms with van der Waals surface area (Å²) in [5, 5.41) is 8.22. The zero-order valence-corrected chi connectivity index (χ0v) is 38.5. The van der Waals surface area contributed by atoms with Crippen LogP contribution in [0, 0.1) is 11.3 Å². The summed E-state index contributed by atoms with van der Waals surface area (Å²) in [5.74, 6) is -1.51. The third kappa shape index (κ3) is 9.38. The van der Waals surface area contributed by atoms with Crippen molar-refractivity contribution in [1.29, 1.82) is 0 Å². The first-order valence-corrected chi connectivity index (χ1v) is 22.8. The van der Waals surface area contributed by atoms with Gasteiger partial charge in [-0.25, -0.2) is 15.2 Å². The number of thiazole rings is 1. The van der Waals surface area contributed by atoms with Gasteiger partial charge in [-0.1, -0.05) is 33.8 Å². The topological polar surface area (TPSA) is 154 Å². The van der Waals surface area contributed by atoms with Crippen molar-refractivity contribution < 1.29 is 28.7 Å². The fraction of sp³-hybridized carbons (Fsp3) is 0.565. The summed E-state index contributed by atoms with van der Waals surface area (Å²) in [6, 6.07) is 7.59. The number of urea groups is 1. The molecule has 3 aromatic heterocycles. The van der Waals surface area contributed by atoms with E-state index in [0.717, 1.165) is 57.6 Å². The predicted octanol–water partition coefficient (Wildman–Crippen LogP) is 5.87. The number of amides is 4. The van der Waals surface area contributed by atoms with E-state index in [1.807, 2.05) is 39.3 Å². The minimum absolute atomic E-state index is 0.113. The molecule has 0 spiro atoms. The van der Waals surface area contributed by atoms with Gasteiger partial charge >= 0.3 is 12.0 Å². The van der Waals surface area contributed by atoms with Crippen molar-refractivity contribution in [3.63, 3.8) is 0 Å². The lowest BCUT2D eigenvalue weighted by atomic mass is 9.84. The number of aromatic nitrogens is 3. The van der Waals surface area contributed by atoms with Crippen molar-refractivity contribution in [2.45, 2.75) is 104 Å². The van der Waals surface area contributed by atoms with Gasteiger partial charge in [-0.3, -0.25) is 29.3 Å². The third-order valence-corrected chi connectivity index (χ3v) is 13.3. The van der Waals surface area contributed by atoms with E-state index in [1.54, 1.807) is 25.3 Å². The maximum absolute atomic E-state index is 14.6. The standard InChI is InChI=1S/C46H63N9O6S/c1-10-54-37-17-16-30-22-32(37)33(41(54)31-14-11-18-47-39(31)29(4)60-9)24-46(5,6)26-61-44(58)34-15-12-21-55(50-34)43(57)35(23-38-48-36(30)25-62-38)49-42(56)40(28(2)3)52(8)45(59)53-20-13-19-51(7)27-53/h11,14,16-18,22,25,28-29,34-35,40,50H,10,12-13,15,19-21,23-24,26-27H2,1-9H3,(H,49,56)/t29-,34-,35-,40-/m0/s1. The van der Waals surface area contributed by atoms with E-state index < -0.39 is 35.4 Å². The van der Waals surface area contributed by atoms with E-state index in [-0.39, 0.29) is 37.0 Å². The zero-order chi connectivity index (χ0) is 44.5. The number of nitrogens with one attached hydrogen (secondary N) is 2. The van der Waals surface area contributed by atoms with Gasteiger partial charge in [0.25, 0.3) is 5.91 Å². The smallest absolute Gasteiger partial charge is 0.324 e. The lowest BCUT2D eigenvalue weighted by molar-refractivity contribution is -0.155. The minimum Gasteiger partial charge on any atom is -0.464 e. The summed E-state index contributed by atoms with van der Waals surface area (Å²) < 4.78 is 14.2. The van der Waals surface area contributed by atoms with Gasteiger partial charge in [-0.05, 0) is 82.3 Å². The number of esters is 1. The fourth-order valence-corrected chi connectivity index (χ4v) is 10.1. The lowest BCUT2D eigenvalue weighted by Gasteiger charge is -2.39. The molecule has 2 N–H and O–H groups in total. The highest BCUT2D eigenvalue weighted by molar-refractivity contribution is 7.10. The second-order valence-electron chi connectivity index (χ2n) is 18.2. The van der Waals surface area contributed by atoms with Crippen molar-refractivity contribution >= 4 is 46.1 Å². The van der Waals surface area contributed by atoms with E-state index in [2.05, 4.69) is 65.2 Å². The number of methoxy groups -OCH3 is 1. The quantitative estimate of drug-likeness (QED) is 0.206. The molecule has 7 rings (SSSR count). The summed E-state index contributed by atoms with van der Waals surface area (Å²) in [5.41, 5.74) is 9.40. The molecular weight excluding hydrogens is 807 g/mol. The Bertz CT molecular complexity index is 2290. The Morgan fingerprint density at radius 3 is 2.65 bits per heavy atom. The molecule has 0 saturated carbocycles. The van der Waals surface area contributed by atoms with Crippen LogP contribution in [0.25, 0.3) is 33.4 Å². The van der Waals surface area contributed by atoms with Crippen LogP contribution < -0.4 is 10.7 Å². The number of hydrazine groups is 1. The van der Waals surface area contributed by atoms with Crippen LogP contribution in [0.15, 0.2) is 41.9 Å². The molecule has 3 aliphatic rings. The molecule has 4 aromatic rings. The Hall–Kier alpha value is -4.90. The van der Waals surface area contributed by atoms with Gasteiger partial charge in [0.15, 0.2) is 0 Å². The molecule has 1 aromatic carbocycles. The fourth-order valence-electron chi connectivity index (χ4n) is 9.21. The van der Waals surface area contributed by atoms with Gasteiger partial charge in [0.1, 0.15) is 18.1 Å². The molecule has 62 heavy (non-hydrogen) atoms. The van der Waals surface area contributed by atoms with Crippen molar-refractivity contribution in [1.82, 2.24) is 45.0 Å². The van der Waals surface area contributed by atoms with Crippen LogP contribution in [-0.4, -0.2) is 130 Å². The van der Waals surface area contributed by atoms with Gasteiger partial charge in [0.2, 0.25) is 5.91 Å². The first-order valence-electron chi connectivity index (χ1n) is 21.9. The van der Waals surface area contributed by atoms with Gasteiger partial charge in [0.05, 0.1) is 41.5 Å². The molecule has 0 aliphatic carbocycles. The van der Waals surface area contributed by atoms with Crippen molar-refractivity contribution in [2.75, 3.05) is 54.1 Å². The zero-order valence-electron chi connectivity index (χ0n) is 37.7. The highest BCUT2D eigenvalue weighted by atomic mass is 32.1. The molecule has 2 saturated heterocycles. The average Bonchev–Trinajstić information content (AvgIpc) is 3.85. The number of hydrogen-bond acceptors (Lipinski definition) is 11. The Morgan fingerprint density at radius 1 is 1.13 bits per heavy atom. The number of fused-ring (bicyclic) bond motifs is 6. The summed E-state index contributed by atoms with van der Waals surface area (Å²) in [6.45, 7) is 15.3. The van der Waals surface area contributed by atoms with Crippen LogP contribution in [0.5, 0.6) is 0 Å². The van der Waals surface area contributed by atoms with Crippen LogP contribution in [-0.2, 0) is 43.2 Å². The van der Waals surface area contributed by atoms with Gasteiger partial charge in [0, 0.05) is 85.8 Å². The van der Waals surface area contributed by atoms with Crippen molar-refractivity contribution in [2.24, 2.45) is 11.3 Å². The number of nitrogens with zero attached hydrogens (tertiary/aromatic N) is 7. The number of likely N-dealkylation sites (N-methyl/N-ethyl adjacent to an activating group) is 1. The number of rotatable bonds is 8. The maximum Gasteiger partial charge on any atom is 0.324 e. The maximum atomic E-state index is 14.6. The molecule has 4 amide bonds. The molecule has 3 aliphatic heterocycles. The Balaban J connectivity index is 1.29. The van der Waals surface area contributed by atoms with Crippen LogP contribution in [0.2, 0.25) is 0 Å². The molecule has 0 radical (unpaired) electrons. The second-order valence-corrected chi connectivity index (χ2v) is 19.1. The van der Waals surface area contributed by atoms with E-state index in [9.17, 15) is 19.2 Å².